The van der Waals surface area contributed by atoms with Crippen LogP contribution in [0.5, 0.6) is 5.75 Å². The summed E-state index contributed by atoms with van der Waals surface area (Å²) in [4.78, 5) is 32.5. The lowest BCUT2D eigenvalue weighted by molar-refractivity contribution is 0.0637. The number of hydrogen-bond donors (Lipinski definition) is 1. The largest absolute Gasteiger partial charge is 0.497 e. The van der Waals surface area contributed by atoms with E-state index in [1.807, 2.05) is 35.4 Å². The smallest absolute Gasteiger partial charge is 0.264 e. The molecule has 1 aliphatic carbocycles. The normalized spacial score (nSPS) is 17.0. The average Bonchev–Trinajstić information content (AvgIpc) is 3.70. The fourth-order valence-corrected chi connectivity index (χ4v) is 9.29. The molecule has 2 aliphatic heterocycles. The summed E-state index contributed by atoms with van der Waals surface area (Å²) in [7, 11) is -2.15. The van der Waals surface area contributed by atoms with Gasteiger partial charge in [-0.05, 0) is 119 Å². The third-order valence-electron chi connectivity index (χ3n) is 11.6. The monoisotopic (exact) mass is 753 g/mol. The summed E-state index contributed by atoms with van der Waals surface area (Å²) < 4.78 is 38.1. The van der Waals surface area contributed by atoms with Crippen LogP contribution >= 0.6 is 0 Å². The van der Waals surface area contributed by atoms with E-state index in [9.17, 15) is 18.0 Å². The van der Waals surface area contributed by atoms with Gasteiger partial charge in [0.1, 0.15) is 5.75 Å². The molecule has 2 amide bonds. The van der Waals surface area contributed by atoms with Crippen LogP contribution < -0.4 is 9.46 Å². The maximum atomic E-state index is 14.5. The van der Waals surface area contributed by atoms with Crippen molar-refractivity contribution in [2.75, 3.05) is 39.8 Å². The van der Waals surface area contributed by atoms with Crippen molar-refractivity contribution in [3.05, 3.63) is 76.6 Å². The Labute approximate surface area is 320 Å². The van der Waals surface area contributed by atoms with Crippen molar-refractivity contribution in [1.82, 2.24) is 23.7 Å². The van der Waals surface area contributed by atoms with Crippen molar-refractivity contribution in [2.24, 2.45) is 0 Å². The van der Waals surface area contributed by atoms with Crippen LogP contribution in [0.4, 0.5) is 0 Å². The number of benzene rings is 2. The molecule has 7 rings (SSSR count). The second-order valence-corrected chi connectivity index (χ2v) is 18.0. The molecule has 0 spiro atoms. The molecule has 4 aromatic rings. The number of methoxy groups -OCH3 is 1. The summed E-state index contributed by atoms with van der Waals surface area (Å²) in [5.41, 5.74) is 8.18. The van der Waals surface area contributed by atoms with E-state index in [-0.39, 0.29) is 17.5 Å². The summed E-state index contributed by atoms with van der Waals surface area (Å²) in [5, 5.41) is 0.326. The predicted octanol–water partition coefficient (Wildman–Crippen LogP) is 7.94. The number of nitrogens with zero attached hydrogens (tertiary/aromatic N) is 4. The second-order valence-electron chi connectivity index (χ2n) is 15.8. The molecular formula is C43H55N5O5S. The van der Waals surface area contributed by atoms with Crippen LogP contribution in [0.25, 0.3) is 33.8 Å². The molecule has 1 saturated carbocycles. The molecule has 2 aromatic heterocycles. The van der Waals surface area contributed by atoms with E-state index in [0.29, 0.717) is 31.1 Å². The number of carbonyl (C=O) groups is 2. The van der Waals surface area contributed by atoms with E-state index in [0.717, 1.165) is 96.5 Å². The summed E-state index contributed by atoms with van der Waals surface area (Å²) in [5.74, 6) is 0.481. The standard InChI is InChI=1S/C43H55N5O5S/c1-7-18-45-20-22-46(23-21-45)43(50)37-17-19-47(28(2)3)40(37)33-24-32-25-34(53-6)14-16-35(32)41-39(30-11-9-8-10-12-30)36-15-13-31(26-38(36)48(41)27-33)42(49)44-54(51,52)29(4)5/h13-17,19,24-26,28-30H,7-12,18,20-23,27H2,1-6H3,(H,44,49). The molecule has 10 nitrogen and oxygen atoms in total. The number of ether oxygens (including phenoxy) is 1. The number of rotatable bonds is 10. The molecule has 2 aromatic carbocycles. The van der Waals surface area contributed by atoms with Crippen molar-refractivity contribution in [3.8, 4) is 17.0 Å². The Bertz CT molecular complexity index is 2200. The number of aromatic nitrogens is 2. The number of nitrogens with one attached hydrogen (secondary N) is 1. The molecule has 0 radical (unpaired) electrons. The molecule has 1 saturated heterocycles. The van der Waals surface area contributed by atoms with Crippen molar-refractivity contribution in [1.29, 1.82) is 0 Å². The Balaban J connectivity index is 1.43. The Morgan fingerprint density at radius 2 is 1.67 bits per heavy atom. The molecule has 1 N–H and O–H groups in total. The van der Waals surface area contributed by atoms with Gasteiger partial charge in [0.2, 0.25) is 10.0 Å². The number of amides is 2. The number of hydrogen-bond acceptors (Lipinski definition) is 6. The van der Waals surface area contributed by atoms with Crippen molar-refractivity contribution in [2.45, 2.75) is 96.9 Å². The van der Waals surface area contributed by atoms with Crippen molar-refractivity contribution < 1.29 is 22.7 Å². The van der Waals surface area contributed by atoms with Gasteiger partial charge in [-0.25, -0.2) is 13.1 Å². The highest BCUT2D eigenvalue weighted by Gasteiger charge is 2.33. The van der Waals surface area contributed by atoms with Gasteiger partial charge in [-0.1, -0.05) is 32.3 Å². The third-order valence-corrected chi connectivity index (χ3v) is 13.3. The van der Waals surface area contributed by atoms with Gasteiger partial charge in [0.25, 0.3) is 11.8 Å². The second kappa shape index (κ2) is 15.4. The zero-order chi connectivity index (χ0) is 38.3. The number of allylic oxidation sites excluding steroid dienone is 1. The van der Waals surface area contributed by atoms with Crippen LogP contribution in [-0.4, -0.2) is 84.2 Å². The van der Waals surface area contributed by atoms with Gasteiger partial charge in [-0.15, -0.1) is 0 Å². The first-order chi connectivity index (χ1) is 25.9. The van der Waals surface area contributed by atoms with Gasteiger partial charge < -0.3 is 18.8 Å². The van der Waals surface area contributed by atoms with Gasteiger partial charge in [0, 0.05) is 60.4 Å². The first kappa shape index (κ1) is 37.9. The van der Waals surface area contributed by atoms with Crippen LogP contribution in [0, 0.1) is 0 Å². The zero-order valence-electron chi connectivity index (χ0n) is 32.7. The van der Waals surface area contributed by atoms with Crippen LogP contribution in [0.3, 0.4) is 0 Å². The van der Waals surface area contributed by atoms with Gasteiger partial charge >= 0.3 is 0 Å². The lowest BCUT2D eigenvalue weighted by Crippen LogP contribution is -2.48. The molecule has 0 bridgehead atoms. The fourth-order valence-electron chi connectivity index (χ4n) is 8.68. The van der Waals surface area contributed by atoms with Gasteiger partial charge in [0.05, 0.1) is 35.9 Å². The lowest BCUT2D eigenvalue weighted by Gasteiger charge is -2.34. The van der Waals surface area contributed by atoms with E-state index in [4.69, 9.17) is 4.74 Å². The maximum Gasteiger partial charge on any atom is 0.264 e. The predicted molar refractivity (Wildman–Crippen MR) is 217 cm³/mol. The minimum Gasteiger partial charge on any atom is -0.497 e. The lowest BCUT2D eigenvalue weighted by atomic mass is 9.81. The number of piperazine rings is 1. The highest BCUT2D eigenvalue weighted by atomic mass is 32.2. The summed E-state index contributed by atoms with van der Waals surface area (Å²) in [6, 6.07) is 13.9. The maximum absolute atomic E-state index is 14.5. The number of fused-ring (bicyclic) bond motifs is 5. The molecule has 54 heavy (non-hydrogen) atoms. The Hall–Kier alpha value is -4.35. The molecule has 2 fully saturated rings. The van der Waals surface area contributed by atoms with E-state index in [1.54, 1.807) is 27.0 Å². The van der Waals surface area contributed by atoms with Gasteiger partial charge in [-0.2, -0.15) is 0 Å². The summed E-state index contributed by atoms with van der Waals surface area (Å²) in [6.07, 6.45) is 11.0. The topological polar surface area (TPSA) is 106 Å². The molecule has 11 heteroatoms. The van der Waals surface area contributed by atoms with Gasteiger partial charge in [0.15, 0.2) is 0 Å². The van der Waals surface area contributed by atoms with Crippen LogP contribution in [0.2, 0.25) is 0 Å². The highest BCUT2D eigenvalue weighted by molar-refractivity contribution is 7.90. The van der Waals surface area contributed by atoms with E-state index >= 15 is 0 Å². The SMILES string of the molecule is CCCN1CCN(C(=O)c2ccn(C(C)C)c2C2=Cc3cc(OC)ccc3-c3c(C4CCCCC4)c4ccc(C(=O)NS(=O)(=O)C(C)C)cc4n3C2)CC1. The van der Waals surface area contributed by atoms with E-state index < -0.39 is 21.2 Å². The minimum atomic E-state index is -3.83. The zero-order valence-corrected chi connectivity index (χ0v) is 33.5. The molecule has 288 valence electrons. The Kier molecular flexibility index (Phi) is 10.8. The Morgan fingerprint density at radius 1 is 0.926 bits per heavy atom. The molecule has 0 unspecified atom stereocenters. The van der Waals surface area contributed by atoms with Crippen LogP contribution in [0.15, 0.2) is 48.7 Å². The fraction of sp³-hybridized carbons (Fsp3) is 0.488. The van der Waals surface area contributed by atoms with E-state index in [2.05, 4.69) is 57.7 Å². The number of carbonyl (C=O) groups excluding carboxylic acids is 2. The van der Waals surface area contributed by atoms with Crippen LogP contribution in [0.1, 0.15) is 123 Å². The van der Waals surface area contributed by atoms with Gasteiger partial charge in [-0.3, -0.25) is 14.5 Å². The van der Waals surface area contributed by atoms with Crippen LogP contribution in [-0.2, 0) is 16.6 Å². The third kappa shape index (κ3) is 7.12. The molecule has 0 atom stereocenters. The average molecular weight is 754 g/mol. The highest BCUT2D eigenvalue weighted by Crippen LogP contribution is 2.48. The van der Waals surface area contributed by atoms with Crippen molar-refractivity contribution >= 4 is 44.4 Å². The van der Waals surface area contributed by atoms with Crippen molar-refractivity contribution in [3.63, 3.8) is 0 Å². The number of sulfonamides is 1. The summed E-state index contributed by atoms with van der Waals surface area (Å²) >= 11 is 0. The summed E-state index contributed by atoms with van der Waals surface area (Å²) in [6.45, 7) is 14.2. The first-order valence-electron chi connectivity index (χ1n) is 19.8. The first-order valence-corrected chi connectivity index (χ1v) is 21.3. The minimum absolute atomic E-state index is 0.0439. The Morgan fingerprint density at radius 3 is 2.33 bits per heavy atom. The van der Waals surface area contributed by atoms with E-state index in [1.165, 1.54) is 12.0 Å². The molecule has 4 heterocycles. The molecule has 3 aliphatic rings. The molecular weight excluding hydrogens is 699 g/mol. The quantitative estimate of drug-likeness (QED) is 0.176.